The number of fused-ring (bicyclic) bond motifs is 1. The van der Waals surface area contributed by atoms with Gasteiger partial charge in [0.15, 0.2) is 0 Å². The summed E-state index contributed by atoms with van der Waals surface area (Å²) in [6.07, 6.45) is 0. The molecule has 26 heavy (non-hydrogen) atoms. The molecule has 1 heterocycles. The number of rotatable bonds is 0. The Kier molecular flexibility index (Phi) is 5.32. The van der Waals surface area contributed by atoms with Crippen LogP contribution in [0.1, 0.15) is 88.6 Å². The van der Waals surface area contributed by atoms with Crippen molar-refractivity contribution in [2.75, 3.05) is 0 Å². The van der Waals surface area contributed by atoms with E-state index >= 15 is 0 Å². The minimum atomic E-state index is -2.97. The number of aryl methyl sites for hydroxylation is 1. The molecular weight excluding hydrogens is 437 g/mol. The normalized spacial score (nSPS) is 20.2. The van der Waals surface area contributed by atoms with Crippen LogP contribution >= 0.6 is 0 Å². The Bertz CT molecular complexity index is 663. The maximum absolute atomic E-state index is 7.92. The maximum atomic E-state index is 7.92. The summed E-state index contributed by atoms with van der Waals surface area (Å²) >= 11 is -5.92. The van der Waals surface area contributed by atoms with E-state index < -0.39 is 27.2 Å². The standard InChI is InChI=1S/C23H42Ge2O/c1-17-15-14-16-18-19(17)25(22(8,9)10,23(11,12)13)26-24(18,20(2,3)4)21(5,6)7/h14-16H,1-13H3. The van der Waals surface area contributed by atoms with E-state index in [-0.39, 0.29) is 17.0 Å². The molecule has 0 atom stereocenters. The third-order valence-electron chi connectivity index (χ3n) is 6.54. The number of hydrogen-bond donors (Lipinski definition) is 0. The third kappa shape index (κ3) is 2.82. The van der Waals surface area contributed by atoms with Crippen LogP contribution in [0.3, 0.4) is 0 Å². The monoisotopic (exact) mass is 482 g/mol. The molecule has 0 fully saturated rings. The van der Waals surface area contributed by atoms with Crippen molar-refractivity contribution in [1.29, 1.82) is 0 Å². The van der Waals surface area contributed by atoms with Crippen LogP contribution in [-0.4, -0.2) is 27.2 Å². The molecule has 0 aromatic heterocycles. The number of hydrogen-bond acceptors (Lipinski definition) is 1. The van der Waals surface area contributed by atoms with Crippen molar-refractivity contribution in [3.8, 4) is 0 Å². The SMILES string of the molecule is Cc1ccc[c]2[c]1[Ge]([C](C)(C)C)([C](C)(C)C)[O][Ge]2([C](C)(C)C)[C](C)(C)C. The predicted octanol–water partition coefficient (Wildman–Crippen LogP) is 6.53. The summed E-state index contributed by atoms with van der Waals surface area (Å²) in [5.74, 6) is 0. The Labute approximate surface area is 169 Å². The van der Waals surface area contributed by atoms with Crippen molar-refractivity contribution >= 4 is 36.0 Å². The van der Waals surface area contributed by atoms with Gasteiger partial charge in [-0.25, -0.2) is 0 Å². The average Bonchev–Trinajstić information content (AvgIpc) is 2.71. The Morgan fingerprint density at radius 1 is 0.615 bits per heavy atom. The van der Waals surface area contributed by atoms with Crippen molar-refractivity contribution < 1.29 is 2.79 Å². The van der Waals surface area contributed by atoms with Crippen molar-refractivity contribution in [1.82, 2.24) is 0 Å². The van der Waals surface area contributed by atoms with E-state index in [1.165, 1.54) is 5.56 Å². The van der Waals surface area contributed by atoms with E-state index in [1.807, 2.05) is 0 Å². The second-order valence-electron chi connectivity index (χ2n) is 12.5. The van der Waals surface area contributed by atoms with Gasteiger partial charge < -0.3 is 0 Å². The first-order valence-corrected chi connectivity index (χ1v) is 18.2. The van der Waals surface area contributed by atoms with Crippen LogP contribution in [-0.2, 0) is 2.79 Å². The molecule has 0 unspecified atom stereocenters. The van der Waals surface area contributed by atoms with Gasteiger partial charge in [0.05, 0.1) is 0 Å². The Morgan fingerprint density at radius 2 is 1.00 bits per heavy atom. The van der Waals surface area contributed by atoms with Crippen molar-refractivity contribution in [2.45, 2.75) is 107 Å². The molecule has 1 aromatic carbocycles. The van der Waals surface area contributed by atoms with Gasteiger partial charge in [-0.05, 0) is 0 Å². The van der Waals surface area contributed by atoms with Gasteiger partial charge >= 0.3 is 170 Å². The predicted molar refractivity (Wildman–Crippen MR) is 122 cm³/mol. The van der Waals surface area contributed by atoms with Gasteiger partial charge in [-0.15, -0.1) is 0 Å². The van der Waals surface area contributed by atoms with E-state index in [4.69, 9.17) is 2.79 Å². The molecule has 0 N–H and O–H groups in total. The van der Waals surface area contributed by atoms with Crippen LogP contribution in [0, 0.1) is 6.92 Å². The molecule has 0 amide bonds. The summed E-state index contributed by atoms with van der Waals surface area (Å²) in [6, 6.07) is 7.09. The van der Waals surface area contributed by atoms with E-state index in [0.717, 1.165) is 0 Å². The molecule has 0 saturated carbocycles. The summed E-state index contributed by atoms with van der Waals surface area (Å²) in [4.78, 5) is 0. The molecule has 148 valence electrons. The fraction of sp³-hybridized carbons (Fsp3) is 0.739. The fourth-order valence-electron chi connectivity index (χ4n) is 6.18. The first-order chi connectivity index (χ1) is 11.3. The molecule has 3 heteroatoms. The van der Waals surface area contributed by atoms with Crippen molar-refractivity contribution in [3.05, 3.63) is 23.8 Å². The van der Waals surface area contributed by atoms with Gasteiger partial charge in [0.2, 0.25) is 0 Å². The zero-order valence-electron chi connectivity index (χ0n) is 19.6. The Morgan fingerprint density at radius 3 is 1.35 bits per heavy atom. The summed E-state index contributed by atoms with van der Waals surface area (Å²) in [6.45, 7) is 31.8. The van der Waals surface area contributed by atoms with Crippen LogP contribution < -0.4 is 8.79 Å². The minimum absolute atomic E-state index is 0.197. The molecule has 0 spiro atoms. The van der Waals surface area contributed by atoms with Crippen molar-refractivity contribution in [3.63, 3.8) is 0 Å². The number of benzene rings is 1. The van der Waals surface area contributed by atoms with Crippen LogP contribution in [0.15, 0.2) is 18.2 Å². The topological polar surface area (TPSA) is 9.23 Å². The van der Waals surface area contributed by atoms with Gasteiger partial charge in [-0.3, -0.25) is 0 Å². The van der Waals surface area contributed by atoms with Crippen LogP contribution in [0.2, 0.25) is 17.0 Å². The summed E-state index contributed by atoms with van der Waals surface area (Å²) in [7, 11) is 0. The van der Waals surface area contributed by atoms with Gasteiger partial charge in [0, 0.05) is 0 Å². The van der Waals surface area contributed by atoms with Gasteiger partial charge in [-0.1, -0.05) is 0 Å². The Balaban J connectivity index is 3.11. The zero-order chi connectivity index (χ0) is 20.6. The van der Waals surface area contributed by atoms with E-state index in [2.05, 4.69) is 108 Å². The van der Waals surface area contributed by atoms with E-state index in [9.17, 15) is 0 Å². The molecule has 1 nitrogen and oxygen atoms in total. The zero-order valence-corrected chi connectivity index (χ0v) is 23.8. The van der Waals surface area contributed by atoms with Crippen molar-refractivity contribution in [2.24, 2.45) is 0 Å². The van der Waals surface area contributed by atoms with Crippen LogP contribution in [0.4, 0.5) is 0 Å². The second-order valence-corrected chi connectivity index (χ2v) is 35.6. The van der Waals surface area contributed by atoms with Gasteiger partial charge in [-0.2, -0.15) is 0 Å². The van der Waals surface area contributed by atoms with Crippen LogP contribution in [0.5, 0.6) is 0 Å². The van der Waals surface area contributed by atoms with Gasteiger partial charge in [0.25, 0.3) is 0 Å². The van der Waals surface area contributed by atoms with Crippen LogP contribution in [0.25, 0.3) is 0 Å². The molecule has 0 aliphatic carbocycles. The molecule has 1 aliphatic rings. The first kappa shape index (κ1) is 22.6. The molecule has 0 saturated heterocycles. The second kappa shape index (κ2) is 6.13. The fourth-order valence-corrected chi connectivity index (χ4v) is 54.8. The summed E-state index contributed by atoms with van der Waals surface area (Å²) < 4.78 is 12.1. The summed E-state index contributed by atoms with van der Waals surface area (Å²) in [5, 5.41) is 0. The molecule has 2 rings (SSSR count). The van der Waals surface area contributed by atoms with E-state index in [0.29, 0.717) is 0 Å². The van der Waals surface area contributed by atoms with Gasteiger partial charge in [0.1, 0.15) is 0 Å². The molecule has 1 aliphatic heterocycles. The quantitative estimate of drug-likeness (QED) is 0.384. The average molecular weight is 480 g/mol. The molecular formula is C23H42Ge2O. The first-order valence-electron chi connectivity index (χ1n) is 10.2. The molecule has 0 radical (unpaired) electrons. The Hall–Kier alpha value is 0.266. The third-order valence-corrected chi connectivity index (χ3v) is 38.7. The summed E-state index contributed by atoms with van der Waals surface area (Å²) in [5.41, 5.74) is 1.48. The molecule has 1 aromatic rings. The van der Waals surface area contributed by atoms with E-state index in [1.54, 1.807) is 8.79 Å². The molecule has 0 bridgehead atoms.